The first-order valence-corrected chi connectivity index (χ1v) is 15.6. The Balaban J connectivity index is 1.60. The van der Waals surface area contributed by atoms with Crippen LogP contribution in [-0.2, 0) is 25.7 Å². The number of hydrogen-bond donors (Lipinski definition) is 3. The van der Waals surface area contributed by atoms with Crippen LogP contribution < -0.4 is 10.6 Å². The summed E-state index contributed by atoms with van der Waals surface area (Å²) in [4.78, 5) is 57.4. The highest BCUT2D eigenvalue weighted by Gasteiger charge is 2.44. The maximum Gasteiger partial charge on any atom is 0.246 e. The van der Waals surface area contributed by atoms with Crippen molar-refractivity contribution in [2.75, 3.05) is 6.54 Å². The number of rotatable bonds is 12. The third-order valence-corrected chi connectivity index (χ3v) is 8.51. The molecule has 1 fully saturated rings. The molecule has 40 heavy (non-hydrogen) atoms. The number of hydrogen-bond acceptors (Lipinski definition) is 7. The normalized spacial score (nSPS) is 17.9. The van der Waals surface area contributed by atoms with Gasteiger partial charge in [0.2, 0.25) is 17.7 Å². The number of nitrogens with zero attached hydrogens (tertiary/aromatic N) is 2. The third kappa shape index (κ3) is 9.07. The Labute approximate surface area is 253 Å². The highest BCUT2D eigenvalue weighted by molar-refractivity contribution is 14.1. The predicted molar refractivity (Wildman–Crippen MR) is 164 cm³/mol. The van der Waals surface area contributed by atoms with E-state index in [0.717, 1.165) is 34.5 Å². The van der Waals surface area contributed by atoms with Crippen LogP contribution in [0.25, 0.3) is 10.4 Å². The van der Waals surface area contributed by atoms with E-state index in [4.69, 9.17) is 0 Å². The van der Waals surface area contributed by atoms with Crippen LogP contribution in [0.2, 0.25) is 0 Å². The number of thiazole rings is 1. The quantitative estimate of drug-likeness (QED) is 0.176. The van der Waals surface area contributed by atoms with Gasteiger partial charge in [-0.05, 0) is 58.9 Å². The molecule has 1 aromatic carbocycles. The van der Waals surface area contributed by atoms with E-state index in [1.807, 2.05) is 57.5 Å². The molecule has 3 amide bonds. The highest BCUT2D eigenvalue weighted by atomic mass is 127. The van der Waals surface area contributed by atoms with E-state index in [1.165, 1.54) is 4.90 Å². The summed E-state index contributed by atoms with van der Waals surface area (Å²) in [5, 5.41) is 16.2. The van der Waals surface area contributed by atoms with Crippen LogP contribution in [0.1, 0.15) is 70.6 Å². The van der Waals surface area contributed by atoms with Crippen LogP contribution in [0.15, 0.2) is 29.8 Å². The van der Waals surface area contributed by atoms with Crippen LogP contribution in [0.3, 0.4) is 0 Å². The molecule has 3 atom stereocenters. The van der Waals surface area contributed by atoms with E-state index in [-0.39, 0.29) is 47.4 Å². The van der Waals surface area contributed by atoms with E-state index in [2.05, 4.69) is 15.6 Å². The van der Waals surface area contributed by atoms with E-state index in [9.17, 15) is 24.3 Å². The van der Waals surface area contributed by atoms with Gasteiger partial charge in [-0.1, -0.05) is 51.5 Å². The average molecular weight is 683 g/mol. The summed E-state index contributed by atoms with van der Waals surface area (Å²) in [7, 11) is 0. The lowest BCUT2D eigenvalue weighted by Crippen LogP contribution is -2.57. The molecule has 1 saturated heterocycles. The molecule has 9 nitrogen and oxygen atoms in total. The molecule has 218 valence electrons. The van der Waals surface area contributed by atoms with Gasteiger partial charge in [0, 0.05) is 32.4 Å². The predicted octanol–water partition coefficient (Wildman–Crippen LogP) is 4.14. The SMILES string of the molecule is Cc1ncsc1-c1ccc(CNC(=O)[C@@H]2C[C@@H](O)CN2C(=O)[C@@H](NC(=O)CCCCCC(=O)I)C(C)(C)C)cc1. The lowest BCUT2D eigenvalue weighted by atomic mass is 9.85. The van der Waals surface area contributed by atoms with Gasteiger partial charge in [0.1, 0.15) is 12.1 Å². The molecule has 0 spiro atoms. The molecule has 0 saturated carbocycles. The van der Waals surface area contributed by atoms with Crippen molar-refractivity contribution in [3.8, 4) is 10.4 Å². The molecule has 2 heterocycles. The Morgan fingerprint density at radius 3 is 2.40 bits per heavy atom. The maximum absolute atomic E-state index is 13.7. The van der Waals surface area contributed by atoms with Crippen LogP contribution in [0.5, 0.6) is 0 Å². The number of aliphatic hydroxyl groups excluding tert-OH is 1. The molecule has 1 aromatic heterocycles. The summed E-state index contributed by atoms with van der Waals surface area (Å²) in [6.07, 6.45) is 2.17. The zero-order chi connectivity index (χ0) is 29.4. The number of aryl methyl sites for hydroxylation is 1. The minimum Gasteiger partial charge on any atom is -0.391 e. The molecule has 0 unspecified atom stereocenters. The zero-order valence-corrected chi connectivity index (χ0v) is 26.5. The van der Waals surface area contributed by atoms with Gasteiger partial charge in [-0.2, -0.15) is 0 Å². The first-order chi connectivity index (χ1) is 18.9. The van der Waals surface area contributed by atoms with Crippen molar-refractivity contribution >= 4 is 55.4 Å². The van der Waals surface area contributed by atoms with Gasteiger partial charge in [0.25, 0.3) is 0 Å². The number of aromatic nitrogens is 1. The minimum absolute atomic E-state index is 0.0343. The monoisotopic (exact) mass is 682 g/mol. The van der Waals surface area contributed by atoms with Gasteiger partial charge >= 0.3 is 0 Å². The number of aliphatic hydroxyl groups is 1. The average Bonchev–Trinajstić information content (AvgIpc) is 3.50. The van der Waals surface area contributed by atoms with Crippen LogP contribution in [0, 0.1) is 12.3 Å². The van der Waals surface area contributed by atoms with Crippen LogP contribution in [-0.4, -0.2) is 61.2 Å². The van der Waals surface area contributed by atoms with Gasteiger partial charge in [-0.25, -0.2) is 4.98 Å². The number of benzene rings is 1. The Hall–Kier alpha value is -2.38. The molecule has 1 aliphatic rings. The largest absolute Gasteiger partial charge is 0.391 e. The number of carbonyl (C=O) groups is 4. The number of halogens is 1. The van der Waals surface area contributed by atoms with Crippen molar-refractivity contribution in [3.63, 3.8) is 0 Å². The Morgan fingerprint density at radius 2 is 1.80 bits per heavy atom. The number of carbonyl (C=O) groups excluding carboxylic acids is 4. The summed E-state index contributed by atoms with van der Waals surface area (Å²) in [6, 6.07) is 6.22. The lowest BCUT2D eigenvalue weighted by Gasteiger charge is -2.35. The Morgan fingerprint density at radius 1 is 1.12 bits per heavy atom. The van der Waals surface area contributed by atoms with Crippen molar-refractivity contribution in [1.29, 1.82) is 0 Å². The van der Waals surface area contributed by atoms with E-state index in [0.29, 0.717) is 12.8 Å². The summed E-state index contributed by atoms with van der Waals surface area (Å²) in [5.74, 6) is -0.958. The van der Waals surface area contributed by atoms with Gasteiger partial charge in [-0.15, -0.1) is 11.3 Å². The second kappa shape index (κ2) is 14.5. The van der Waals surface area contributed by atoms with Gasteiger partial charge < -0.3 is 20.6 Å². The standard InChI is InChI=1S/C29H39IN4O5S/c1-18-25(40-17-32-18)20-12-10-19(11-13-20)15-31-27(38)22-14-21(35)16-34(22)28(39)26(29(2,3)4)33-24(37)9-7-5-6-8-23(30)36/h10-13,17,21-22,26,35H,5-9,14-16H2,1-4H3,(H,31,38)(H,33,37)/t21-,22+,26-/m1/s1. The smallest absolute Gasteiger partial charge is 0.246 e. The highest BCUT2D eigenvalue weighted by Crippen LogP contribution is 2.28. The van der Waals surface area contributed by atoms with Gasteiger partial charge in [0.15, 0.2) is 3.79 Å². The second-order valence-corrected chi connectivity index (χ2v) is 13.4. The number of β-amino-alcohol motifs (C(OH)–C–C–N with tert-alkyl or cyclic N) is 1. The lowest BCUT2D eigenvalue weighted by molar-refractivity contribution is -0.144. The van der Waals surface area contributed by atoms with Crippen molar-refractivity contribution in [2.45, 2.75) is 91.0 Å². The first kappa shape index (κ1) is 32.1. The topological polar surface area (TPSA) is 129 Å². The van der Waals surface area contributed by atoms with Crippen molar-refractivity contribution in [2.24, 2.45) is 5.41 Å². The molecule has 11 heteroatoms. The molecule has 0 radical (unpaired) electrons. The van der Waals surface area contributed by atoms with E-state index >= 15 is 0 Å². The van der Waals surface area contributed by atoms with Crippen LogP contribution in [0.4, 0.5) is 0 Å². The molecule has 2 aromatic rings. The summed E-state index contributed by atoms with van der Waals surface area (Å²) in [6.45, 7) is 7.88. The summed E-state index contributed by atoms with van der Waals surface area (Å²) < 4.78 is 0.103. The summed E-state index contributed by atoms with van der Waals surface area (Å²) >= 11 is 3.35. The number of amides is 3. The van der Waals surface area contributed by atoms with Crippen molar-refractivity contribution < 1.29 is 24.3 Å². The second-order valence-electron chi connectivity index (χ2n) is 11.4. The fourth-order valence-corrected chi connectivity index (χ4v) is 5.93. The molecule has 3 rings (SSSR count). The third-order valence-electron chi connectivity index (χ3n) is 6.99. The molecular formula is C29H39IN4O5S. The van der Waals surface area contributed by atoms with Gasteiger partial charge in [0.05, 0.1) is 22.2 Å². The van der Waals surface area contributed by atoms with Gasteiger partial charge in [-0.3, -0.25) is 19.2 Å². The van der Waals surface area contributed by atoms with Crippen molar-refractivity contribution in [1.82, 2.24) is 20.5 Å². The molecule has 1 aliphatic heterocycles. The van der Waals surface area contributed by atoms with E-state index < -0.39 is 23.6 Å². The Bertz CT molecular complexity index is 1190. The molecule has 3 N–H and O–H groups in total. The number of likely N-dealkylation sites (tertiary alicyclic amines) is 1. The number of unbranched alkanes of at least 4 members (excludes halogenated alkanes) is 2. The zero-order valence-electron chi connectivity index (χ0n) is 23.5. The first-order valence-electron chi connectivity index (χ1n) is 13.6. The van der Waals surface area contributed by atoms with Crippen molar-refractivity contribution in [3.05, 3.63) is 41.0 Å². The Kier molecular flexibility index (Phi) is 11.6. The molecular weight excluding hydrogens is 643 g/mol. The maximum atomic E-state index is 13.7. The number of nitrogens with one attached hydrogen (secondary N) is 2. The summed E-state index contributed by atoms with van der Waals surface area (Å²) in [5.41, 5.74) is 4.17. The fourth-order valence-electron chi connectivity index (χ4n) is 4.74. The van der Waals surface area contributed by atoms with Crippen LogP contribution >= 0.6 is 33.9 Å². The minimum atomic E-state index is -0.848. The fraction of sp³-hybridized carbons (Fsp3) is 0.552. The van der Waals surface area contributed by atoms with E-state index in [1.54, 1.807) is 33.9 Å². The molecule has 0 bridgehead atoms. The molecule has 0 aliphatic carbocycles.